The maximum atomic E-state index is 12.8. The number of benzene rings is 2. The molecule has 0 radical (unpaired) electrons. The summed E-state index contributed by atoms with van der Waals surface area (Å²) < 4.78 is 0.958. The van der Waals surface area contributed by atoms with Crippen molar-refractivity contribution in [3.8, 4) is 17.4 Å². The topological polar surface area (TPSA) is 96.6 Å². The summed E-state index contributed by atoms with van der Waals surface area (Å²) in [5, 5.41) is 21.4. The summed E-state index contributed by atoms with van der Waals surface area (Å²) in [7, 11) is 0. The molecule has 2 aromatic carbocycles. The van der Waals surface area contributed by atoms with E-state index in [4.69, 9.17) is 11.6 Å². The number of hydrogen-bond donors (Lipinski definition) is 2. The van der Waals surface area contributed by atoms with Crippen molar-refractivity contribution in [1.82, 2.24) is 4.57 Å². The van der Waals surface area contributed by atoms with Crippen LogP contribution in [-0.4, -0.2) is 32.6 Å². The molecule has 3 aromatic rings. The van der Waals surface area contributed by atoms with E-state index in [0.717, 1.165) is 10.9 Å². The SMILES string of the molecule is O=CCc1ccc(-n2c(O)c3c(c2O)C(=O)c2ccccc2C3=O)c(Cl)c1. The van der Waals surface area contributed by atoms with Gasteiger partial charge in [0.1, 0.15) is 6.29 Å². The Morgan fingerprint density at radius 3 is 1.96 bits per heavy atom. The van der Waals surface area contributed by atoms with Crippen LogP contribution in [0.25, 0.3) is 5.69 Å². The van der Waals surface area contributed by atoms with Crippen LogP contribution in [-0.2, 0) is 11.2 Å². The lowest BCUT2D eigenvalue weighted by molar-refractivity contribution is -0.107. The predicted molar refractivity (Wildman–Crippen MR) is 97.2 cm³/mol. The molecule has 0 amide bonds. The summed E-state index contributed by atoms with van der Waals surface area (Å²) in [4.78, 5) is 36.2. The van der Waals surface area contributed by atoms with Crippen molar-refractivity contribution < 1.29 is 24.6 Å². The Balaban J connectivity index is 1.96. The summed E-state index contributed by atoms with van der Waals surface area (Å²) in [6.07, 6.45) is 0.885. The van der Waals surface area contributed by atoms with Crippen LogP contribution in [0.4, 0.5) is 0 Å². The first kappa shape index (κ1) is 17.1. The zero-order valence-electron chi connectivity index (χ0n) is 13.8. The molecule has 1 aliphatic rings. The molecule has 27 heavy (non-hydrogen) atoms. The molecular weight excluding hydrogens is 370 g/mol. The predicted octanol–water partition coefficient (Wildman–Crippen LogP) is 3.06. The van der Waals surface area contributed by atoms with Gasteiger partial charge in [-0.2, -0.15) is 0 Å². The number of nitrogens with zero attached hydrogens (tertiary/aromatic N) is 1. The Labute approximate surface area is 158 Å². The van der Waals surface area contributed by atoms with Crippen LogP contribution in [0.5, 0.6) is 11.8 Å². The highest BCUT2D eigenvalue weighted by molar-refractivity contribution is 6.33. The van der Waals surface area contributed by atoms with Crippen molar-refractivity contribution in [2.24, 2.45) is 0 Å². The summed E-state index contributed by atoms with van der Waals surface area (Å²) in [5.41, 5.74) is 0.632. The van der Waals surface area contributed by atoms with E-state index in [0.29, 0.717) is 5.56 Å². The third kappa shape index (κ3) is 2.38. The van der Waals surface area contributed by atoms with Gasteiger partial charge in [-0.05, 0) is 17.7 Å². The minimum atomic E-state index is -0.569. The molecule has 0 aliphatic heterocycles. The van der Waals surface area contributed by atoms with Crippen LogP contribution in [0.2, 0.25) is 5.02 Å². The Hall–Kier alpha value is -3.38. The maximum Gasteiger partial charge on any atom is 0.211 e. The second-order valence-corrected chi connectivity index (χ2v) is 6.50. The number of fused-ring (bicyclic) bond motifs is 2. The molecule has 6 nitrogen and oxygen atoms in total. The molecule has 0 fully saturated rings. The molecule has 7 heteroatoms. The highest BCUT2D eigenvalue weighted by Crippen LogP contribution is 2.43. The van der Waals surface area contributed by atoms with Crippen LogP contribution >= 0.6 is 11.6 Å². The fourth-order valence-corrected chi connectivity index (χ4v) is 3.60. The molecule has 0 unspecified atom stereocenters. The van der Waals surface area contributed by atoms with Crippen LogP contribution < -0.4 is 0 Å². The number of aromatic hydroxyl groups is 2. The highest BCUT2D eigenvalue weighted by Gasteiger charge is 2.39. The molecule has 0 saturated carbocycles. The molecule has 0 bridgehead atoms. The Morgan fingerprint density at radius 2 is 1.48 bits per heavy atom. The Morgan fingerprint density at radius 1 is 0.926 bits per heavy atom. The second-order valence-electron chi connectivity index (χ2n) is 6.09. The molecule has 134 valence electrons. The van der Waals surface area contributed by atoms with Crippen molar-refractivity contribution in [1.29, 1.82) is 0 Å². The number of ketones is 2. The van der Waals surface area contributed by atoms with Crippen molar-refractivity contribution in [2.45, 2.75) is 6.42 Å². The van der Waals surface area contributed by atoms with Gasteiger partial charge < -0.3 is 15.0 Å². The van der Waals surface area contributed by atoms with Crippen molar-refractivity contribution in [3.63, 3.8) is 0 Å². The van der Waals surface area contributed by atoms with Crippen molar-refractivity contribution in [3.05, 3.63) is 75.3 Å². The minimum Gasteiger partial charge on any atom is -0.494 e. The summed E-state index contributed by atoms with van der Waals surface area (Å²) >= 11 is 6.24. The van der Waals surface area contributed by atoms with E-state index in [1.165, 1.54) is 24.3 Å². The van der Waals surface area contributed by atoms with Gasteiger partial charge >= 0.3 is 0 Å². The van der Waals surface area contributed by atoms with Gasteiger partial charge in [0.2, 0.25) is 11.8 Å². The third-order valence-electron chi connectivity index (χ3n) is 4.56. The molecule has 1 aromatic heterocycles. The lowest BCUT2D eigenvalue weighted by Gasteiger charge is -2.13. The second kappa shape index (κ2) is 6.10. The van der Waals surface area contributed by atoms with Gasteiger partial charge in [0.05, 0.1) is 21.8 Å². The van der Waals surface area contributed by atoms with Gasteiger partial charge in [0.15, 0.2) is 11.6 Å². The van der Waals surface area contributed by atoms with Crippen LogP contribution in [0.1, 0.15) is 37.4 Å². The van der Waals surface area contributed by atoms with Gasteiger partial charge in [0.25, 0.3) is 0 Å². The molecule has 1 heterocycles. The van der Waals surface area contributed by atoms with Gasteiger partial charge in [-0.1, -0.05) is 41.9 Å². The van der Waals surface area contributed by atoms with E-state index >= 15 is 0 Å². The van der Waals surface area contributed by atoms with Crippen molar-refractivity contribution >= 4 is 29.5 Å². The normalized spacial score (nSPS) is 12.6. The van der Waals surface area contributed by atoms with Crippen LogP contribution in [0.15, 0.2) is 42.5 Å². The van der Waals surface area contributed by atoms with E-state index in [9.17, 15) is 24.6 Å². The van der Waals surface area contributed by atoms with Crippen LogP contribution in [0, 0.1) is 0 Å². The lowest BCUT2D eigenvalue weighted by atomic mass is 9.86. The van der Waals surface area contributed by atoms with Gasteiger partial charge in [-0.3, -0.25) is 9.59 Å². The smallest absolute Gasteiger partial charge is 0.211 e. The standard InChI is InChI=1S/C20H12ClNO5/c21-13-9-10(7-8-23)5-6-14(13)22-19(26)15-16(20(22)27)18(25)12-4-2-1-3-11(12)17(15)24/h1-6,8-9,26-27H,7H2. The van der Waals surface area contributed by atoms with Gasteiger partial charge in [-0.15, -0.1) is 0 Å². The molecule has 2 N–H and O–H groups in total. The maximum absolute atomic E-state index is 12.8. The van der Waals surface area contributed by atoms with Crippen LogP contribution in [0.3, 0.4) is 0 Å². The lowest BCUT2D eigenvalue weighted by Crippen LogP contribution is -2.19. The Kier molecular flexibility index (Phi) is 3.86. The summed E-state index contributed by atoms with van der Waals surface area (Å²) in [6, 6.07) is 10.8. The van der Waals surface area contributed by atoms with E-state index in [1.807, 2.05) is 0 Å². The first-order valence-corrected chi connectivity index (χ1v) is 8.41. The molecule has 1 aliphatic carbocycles. The number of carbonyl (C=O) groups is 3. The Bertz CT molecular complexity index is 1090. The molecule has 0 atom stereocenters. The molecule has 4 rings (SSSR count). The molecule has 0 spiro atoms. The average Bonchev–Trinajstić information content (AvgIpc) is 2.91. The zero-order chi connectivity index (χ0) is 19.3. The number of aldehydes is 1. The quantitative estimate of drug-likeness (QED) is 0.532. The van der Waals surface area contributed by atoms with Crippen molar-refractivity contribution in [2.75, 3.05) is 0 Å². The van der Waals surface area contributed by atoms with Gasteiger partial charge in [0, 0.05) is 17.5 Å². The fourth-order valence-electron chi connectivity index (χ4n) is 3.31. The summed E-state index contributed by atoms with van der Waals surface area (Å²) in [6.45, 7) is 0. The van der Waals surface area contributed by atoms with Gasteiger partial charge in [-0.25, -0.2) is 4.57 Å². The van der Waals surface area contributed by atoms with E-state index < -0.39 is 23.3 Å². The third-order valence-corrected chi connectivity index (χ3v) is 4.87. The number of hydrogen-bond acceptors (Lipinski definition) is 5. The summed E-state index contributed by atoms with van der Waals surface area (Å²) in [5.74, 6) is -2.25. The minimum absolute atomic E-state index is 0.143. The molecular formula is C20H12ClNO5. The monoisotopic (exact) mass is 381 g/mol. The highest BCUT2D eigenvalue weighted by atomic mass is 35.5. The average molecular weight is 382 g/mol. The molecule has 0 saturated heterocycles. The fraction of sp³-hybridized carbons (Fsp3) is 0.0500. The largest absolute Gasteiger partial charge is 0.494 e. The number of aromatic nitrogens is 1. The first-order valence-electron chi connectivity index (χ1n) is 8.03. The first-order chi connectivity index (χ1) is 13.0. The number of halogens is 1. The zero-order valence-corrected chi connectivity index (χ0v) is 14.5. The van der Waals surface area contributed by atoms with E-state index in [-0.39, 0.29) is 39.4 Å². The van der Waals surface area contributed by atoms with E-state index in [1.54, 1.807) is 18.2 Å². The number of carbonyl (C=O) groups excluding carboxylic acids is 3. The van der Waals surface area contributed by atoms with E-state index in [2.05, 4.69) is 0 Å². The number of rotatable bonds is 3.